The molecule has 1 aliphatic heterocycles. The zero-order valence-electron chi connectivity index (χ0n) is 12.8. The first-order valence-corrected chi connectivity index (χ1v) is 8.48. The molecule has 5 heteroatoms. The van der Waals surface area contributed by atoms with Crippen LogP contribution in [0.1, 0.15) is 26.7 Å². The summed E-state index contributed by atoms with van der Waals surface area (Å²) in [7, 11) is 0. The van der Waals surface area contributed by atoms with Crippen molar-refractivity contribution >= 4 is 29.3 Å². The number of carbonyl (C=O) groups excluding carboxylic acids is 2. The quantitative estimate of drug-likeness (QED) is 0.870. The van der Waals surface area contributed by atoms with Gasteiger partial charge in [0.25, 0.3) is 0 Å². The fourth-order valence-corrected chi connectivity index (χ4v) is 2.96. The molecule has 0 spiro atoms. The second kappa shape index (κ2) is 6.98. The van der Waals surface area contributed by atoms with Gasteiger partial charge < -0.3 is 10.2 Å². The molecule has 0 aliphatic carbocycles. The number of amides is 2. The van der Waals surface area contributed by atoms with Crippen molar-refractivity contribution in [2.75, 3.05) is 17.7 Å². The van der Waals surface area contributed by atoms with Gasteiger partial charge in [-0.15, -0.1) is 11.8 Å². The molecule has 0 saturated carbocycles. The highest BCUT2D eigenvalue weighted by Crippen LogP contribution is 2.24. The Morgan fingerprint density at radius 1 is 1.38 bits per heavy atom. The van der Waals surface area contributed by atoms with Gasteiger partial charge in [-0.1, -0.05) is 19.9 Å². The average Bonchev–Trinajstić information content (AvgIpc) is 2.58. The third-order valence-corrected chi connectivity index (χ3v) is 4.26. The smallest absolute Gasteiger partial charge is 0.249 e. The van der Waals surface area contributed by atoms with Gasteiger partial charge in [0, 0.05) is 23.5 Å². The summed E-state index contributed by atoms with van der Waals surface area (Å²) < 4.78 is 0. The van der Waals surface area contributed by atoms with Crippen molar-refractivity contribution in [1.29, 1.82) is 0 Å². The van der Waals surface area contributed by atoms with Crippen molar-refractivity contribution < 1.29 is 9.59 Å². The van der Waals surface area contributed by atoms with Crippen LogP contribution in [0.2, 0.25) is 0 Å². The first-order chi connectivity index (χ1) is 10.0. The Labute approximate surface area is 130 Å². The highest BCUT2D eigenvalue weighted by molar-refractivity contribution is 7.98. The van der Waals surface area contributed by atoms with Crippen LogP contribution in [0.3, 0.4) is 0 Å². The standard InChI is InChI=1S/C16H22N2O2S/c1-11(2)9-14-16(20)18(8-7-15(19)17-14)12-5-4-6-13(10-12)21-3/h4-6,10-11,14H,7-9H2,1-3H3,(H,17,19). The highest BCUT2D eigenvalue weighted by atomic mass is 32.2. The summed E-state index contributed by atoms with van der Waals surface area (Å²) in [6.45, 7) is 4.56. The second-order valence-corrected chi connectivity index (χ2v) is 6.57. The third kappa shape index (κ3) is 4.00. The van der Waals surface area contributed by atoms with Gasteiger partial charge in [-0.2, -0.15) is 0 Å². The third-order valence-electron chi connectivity index (χ3n) is 3.53. The van der Waals surface area contributed by atoms with Crippen LogP contribution in [0, 0.1) is 5.92 Å². The van der Waals surface area contributed by atoms with E-state index in [2.05, 4.69) is 19.2 Å². The van der Waals surface area contributed by atoms with Crippen LogP contribution in [0.15, 0.2) is 29.2 Å². The van der Waals surface area contributed by atoms with Crippen molar-refractivity contribution in [3.05, 3.63) is 24.3 Å². The summed E-state index contributed by atoms with van der Waals surface area (Å²) in [5, 5.41) is 2.85. The number of hydrogen-bond donors (Lipinski definition) is 1. The number of nitrogens with zero attached hydrogens (tertiary/aromatic N) is 1. The van der Waals surface area contributed by atoms with Gasteiger partial charge in [0.1, 0.15) is 6.04 Å². The molecular weight excluding hydrogens is 284 g/mol. The van der Waals surface area contributed by atoms with E-state index < -0.39 is 6.04 Å². The zero-order valence-corrected chi connectivity index (χ0v) is 13.6. The van der Waals surface area contributed by atoms with E-state index in [-0.39, 0.29) is 11.8 Å². The SMILES string of the molecule is CSc1cccc(N2CCC(=O)NC(CC(C)C)C2=O)c1. The lowest BCUT2D eigenvalue weighted by molar-refractivity contribution is -0.125. The molecule has 4 nitrogen and oxygen atoms in total. The number of hydrogen-bond acceptors (Lipinski definition) is 3. The van der Waals surface area contributed by atoms with Gasteiger partial charge in [0.2, 0.25) is 11.8 Å². The topological polar surface area (TPSA) is 49.4 Å². The summed E-state index contributed by atoms with van der Waals surface area (Å²) in [4.78, 5) is 27.4. The number of carbonyl (C=O) groups is 2. The highest BCUT2D eigenvalue weighted by Gasteiger charge is 2.31. The van der Waals surface area contributed by atoms with E-state index in [4.69, 9.17) is 0 Å². The molecule has 2 amide bonds. The van der Waals surface area contributed by atoms with Crippen LogP contribution in [-0.4, -0.2) is 30.7 Å². The molecular formula is C16H22N2O2S. The number of rotatable bonds is 4. The minimum absolute atomic E-state index is 0.00666. The molecule has 0 radical (unpaired) electrons. The summed E-state index contributed by atoms with van der Waals surface area (Å²) in [5.41, 5.74) is 0.872. The van der Waals surface area contributed by atoms with E-state index in [1.165, 1.54) is 0 Å². The van der Waals surface area contributed by atoms with Crippen molar-refractivity contribution in [2.24, 2.45) is 5.92 Å². The van der Waals surface area contributed by atoms with Crippen molar-refractivity contribution in [2.45, 2.75) is 37.6 Å². The van der Waals surface area contributed by atoms with Crippen LogP contribution in [0.25, 0.3) is 0 Å². The molecule has 2 rings (SSSR count). The molecule has 1 atom stereocenters. The Morgan fingerprint density at radius 2 is 2.14 bits per heavy atom. The predicted octanol–water partition coefficient (Wildman–Crippen LogP) is 2.68. The van der Waals surface area contributed by atoms with Gasteiger partial charge in [-0.25, -0.2) is 0 Å². The lowest BCUT2D eigenvalue weighted by atomic mass is 10.0. The van der Waals surface area contributed by atoms with Crippen LogP contribution in [0.5, 0.6) is 0 Å². The fraction of sp³-hybridized carbons (Fsp3) is 0.500. The summed E-state index contributed by atoms with van der Waals surface area (Å²) in [6.07, 6.45) is 3.03. The number of anilines is 1. The van der Waals surface area contributed by atoms with Crippen LogP contribution in [0.4, 0.5) is 5.69 Å². The van der Waals surface area contributed by atoms with E-state index >= 15 is 0 Å². The molecule has 1 heterocycles. The van der Waals surface area contributed by atoms with Gasteiger partial charge >= 0.3 is 0 Å². The Morgan fingerprint density at radius 3 is 2.81 bits per heavy atom. The van der Waals surface area contributed by atoms with Crippen molar-refractivity contribution in [3.8, 4) is 0 Å². The second-order valence-electron chi connectivity index (χ2n) is 5.69. The molecule has 114 valence electrons. The largest absolute Gasteiger partial charge is 0.344 e. The van der Waals surface area contributed by atoms with Crippen LogP contribution in [-0.2, 0) is 9.59 Å². The van der Waals surface area contributed by atoms with E-state index in [1.807, 2.05) is 30.5 Å². The van der Waals surface area contributed by atoms with E-state index in [0.29, 0.717) is 25.3 Å². The predicted molar refractivity (Wildman–Crippen MR) is 86.6 cm³/mol. The van der Waals surface area contributed by atoms with Gasteiger partial charge in [-0.05, 0) is 36.8 Å². The average molecular weight is 306 g/mol. The molecule has 1 aliphatic rings. The normalized spacial score (nSPS) is 19.6. The summed E-state index contributed by atoms with van der Waals surface area (Å²) in [6, 6.07) is 7.49. The van der Waals surface area contributed by atoms with Gasteiger partial charge in [0.15, 0.2) is 0 Å². The molecule has 1 aromatic carbocycles. The van der Waals surface area contributed by atoms with Crippen LogP contribution < -0.4 is 10.2 Å². The van der Waals surface area contributed by atoms with Gasteiger partial charge in [-0.3, -0.25) is 9.59 Å². The summed E-state index contributed by atoms with van der Waals surface area (Å²) >= 11 is 1.64. The van der Waals surface area contributed by atoms with E-state index in [1.54, 1.807) is 16.7 Å². The molecule has 0 bridgehead atoms. The molecule has 21 heavy (non-hydrogen) atoms. The molecule has 0 aromatic heterocycles. The Hall–Kier alpha value is -1.49. The van der Waals surface area contributed by atoms with E-state index in [0.717, 1.165) is 10.6 Å². The Balaban J connectivity index is 2.27. The summed E-state index contributed by atoms with van der Waals surface area (Å²) in [5.74, 6) is 0.307. The maximum absolute atomic E-state index is 12.7. The molecule has 1 N–H and O–H groups in total. The van der Waals surface area contributed by atoms with Crippen molar-refractivity contribution in [1.82, 2.24) is 5.32 Å². The lowest BCUT2D eigenvalue weighted by Crippen LogP contribution is -2.45. The number of thioether (sulfide) groups is 1. The first kappa shape index (κ1) is 15.9. The van der Waals surface area contributed by atoms with Crippen LogP contribution >= 0.6 is 11.8 Å². The number of nitrogens with one attached hydrogen (secondary N) is 1. The molecule has 1 saturated heterocycles. The fourth-order valence-electron chi connectivity index (χ4n) is 2.51. The Kier molecular flexibility index (Phi) is 5.28. The minimum Gasteiger partial charge on any atom is -0.344 e. The zero-order chi connectivity index (χ0) is 15.4. The van der Waals surface area contributed by atoms with E-state index in [9.17, 15) is 9.59 Å². The number of benzene rings is 1. The maximum Gasteiger partial charge on any atom is 0.249 e. The Bertz CT molecular complexity index is 531. The van der Waals surface area contributed by atoms with Crippen molar-refractivity contribution in [3.63, 3.8) is 0 Å². The molecule has 1 unspecified atom stereocenters. The first-order valence-electron chi connectivity index (χ1n) is 7.26. The lowest BCUT2D eigenvalue weighted by Gasteiger charge is -2.25. The maximum atomic E-state index is 12.7. The monoisotopic (exact) mass is 306 g/mol. The molecule has 1 fully saturated rings. The molecule has 1 aromatic rings. The minimum atomic E-state index is -0.419. The van der Waals surface area contributed by atoms with Gasteiger partial charge in [0.05, 0.1) is 0 Å².